The average molecular weight is 511 g/mol. The van der Waals surface area contributed by atoms with Crippen LogP contribution in [0.3, 0.4) is 0 Å². The van der Waals surface area contributed by atoms with Gasteiger partial charge >= 0.3 is 6.01 Å². The Morgan fingerprint density at radius 1 is 1.03 bits per heavy atom. The maximum atomic E-state index is 7.38. The molecule has 38 heavy (non-hydrogen) atoms. The molecule has 0 bridgehead atoms. The van der Waals surface area contributed by atoms with Crippen LogP contribution in [0.2, 0.25) is 0 Å². The second kappa shape index (κ2) is 10.8. The number of nitrogens with zero attached hydrogens (tertiary/aromatic N) is 6. The van der Waals surface area contributed by atoms with Crippen LogP contribution in [-0.2, 0) is 13.0 Å². The third-order valence-electron chi connectivity index (χ3n) is 8.70. The molecule has 0 N–H and O–H groups in total. The minimum absolute atomic E-state index is 0.405. The first-order valence-corrected chi connectivity index (χ1v) is 14.1. The Hall–Kier alpha value is -3.37. The van der Waals surface area contributed by atoms with Crippen LogP contribution in [0.5, 0.6) is 6.01 Å². The number of ether oxygens (including phenoxy) is 1. The van der Waals surface area contributed by atoms with E-state index < -0.39 is 0 Å². The minimum Gasteiger partial charge on any atom is -0.462 e. The van der Waals surface area contributed by atoms with Crippen molar-refractivity contribution in [3.05, 3.63) is 64.6 Å². The van der Waals surface area contributed by atoms with E-state index in [1.165, 1.54) is 34.0 Å². The quantitative estimate of drug-likeness (QED) is 0.430. The summed E-state index contributed by atoms with van der Waals surface area (Å²) in [6, 6.07) is 14.1. The molecule has 7 nitrogen and oxygen atoms in total. The van der Waals surface area contributed by atoms with E-state index in [4.69, 9.17) is 21.3 Å². The summed E-state index contributed by atoms with van der Waals surface area (Å²) in [5.41, 5.74) is 4.91. The Morgan fingerprint density at radius 2 is 1.87 bits per heavy atom. The van der Waals surface area contributed by atoms with Crippen LogP contribution < -0.4 is 14.5 Å². The monoisotopic (exact) mass is 510 g/mol. The van der Waals surface area contributed by atoms with Crippen LogP contribution >= 0.6 is 0 Å². The van der Waals surface area contributed by atoms with Crippen molar-refractivity contribution in [3.8, 4) is 6.01 Å². The minimum atomic E-state index is 0.405. The molecule has 198 valence electrons. The van der Waals surface area contributed by atoms with Gasteiger partial charge in [-0.05, 0) is 69.6 Å². The second-order valence-corrected chi connectivity index (χ2v) is 11.3. The van der Waals surface area contributed by atoms with Gasteiger partial charge in [0.15, 0.2) is 0 Å². The van der Waals surface area contributed by atoms with Gasteiger partial charge in [0.05, 0.1) is 12.2 Å². The summed E-state index contributed by atoms with van der Waals surface area (Å²) in [6.07, 6.45) is 5.51. The summed E-state index contributed by atoms with van der Waals surface area (Å²) in [5.74, 6) is 1.44. The van der Waals surface area contributed by atoms with Gasteiger partial charge in [-0.25, -0.2) is 6.57 Å². The maximum Gasteiger partial charge on any atom is 0.318 e. The smallest absolute Gasteiger partial charge is 0.318 e. The number of likely N-dealkylation sites (tertiary alicyclic amines) is 1. The molecule has 0 spiro atoms. The molecule has 3 aliphatic rings. The topological polar surface area (TPSA) is 49.1 Å². The number of anilines is 2. The fourth-order valence-corrected chi connectivity index (χ4v) is 6.59. The molecule has 3 aliphatic heterocycles. The number of hydrogen-bond donors (Lipinski definition) is 0. The van der Waals surface area contributed by atoms with E-state index in [1.807, 2.05) is 0 Å². The summed E-state index contributed by atoms with van der Waals surface area (Å²) < 4.78 is 6.30. The summed E-state index contributed by atoms with van der Waals surface area (Å²) in [4.78, 5) is 21.0. The molecular weight excluding hydrogens is 472 g/mol. The Bertz CT molecular complexity index is 1340. The van der Waals surface area contributed by atoms with Crippen molar-refractivity contribution in [2.45, 2.75) is 51.6 Å². The molecule has 0 radical (unpaired) electrons. The number of aryl methyl sites for hydroxylation is 1. The zero-order valence-electron chi connectivity index (χ0n) is 22.7. The third-order valence-corrected chi connectivity index (χ3v) is 8.70. The fraction of sp³-hybridized carbons (Fsp3) is 0.516. The molecular formula is C31H38N6O. The van der Waals surface area contributed by atoms with Gasteiger partial charge in [-0.15, -0.1) is 0 Å². The highest BCUT2D eigenvalue weighted by Crippen LogP contribution is 2.36. The molecule has 0 unspecified atom stereocenters. The van der Waals surface area contributed by atoms with Crippen molar-refractivity contribution in [2.75, 3.05) is 56.2 Å². The van der Waals surface area contributed by atoms with Crippen molar-refractivity contribution in [3.63, 3.8) is 0 Å². The predicted molar refractivity (Wildman–Crippen MR) is 153 cm³/mol. The Balaban J connectivity index is 1.34. The van der Waals surface area contributed by atoms with Gasteiger partial charge in [-0.2, -0.15) is 9.97 Å². The molecule has 2 atom stereocenters. The van der Waals surface area contributed by atoms with Crippen LogP contribution in [0.4, 0.5) is 11.5 Å². The molecule has 2 fully saturated rings. The van der Waals surface area contributed by atoms with Gasteiger partial charge < -0.3 is 24.3 Å². The van der Waals surface area contributed by atoms with E-state index in [1.54, 1.807) is 0 Å². The number of rotatable bonds is 6. The lowest BCUT2D eigenvalue weighted by atomic mass is 9.96. The van der Waals surface area contributed by atoms with Gasteiger partial charge in [0.25, 0.3) is 0 Å². The van der Waals surface area contributed by atoms with E-state index in [-0.39, 0.29) is 0 Å². The molecule has 0 amide bonds. The predicted octanol–water partition coefficient (Wildman–Crippen LogP) is 5.11. The molecule has 3 aromatic rings. The van der Waals surface area contributed by atoms with E-state index in [2.05, 4.69) is 69.9 Å². The van der Waals surface area contributed by atoms with E-state index in [0.717, 1.165) is 69.9 Å². The zero-order chi connectivity index (χ0) is 26.1. The first-order valence-electron chi connectivity index (χ1n) is 14.1. The van der Waals surface area contributed by atoms with Gasteiger partial charge in [0, 0.05) is 48.2 Å². The lowest BCUT2D eigenvalue weighted by molar-refractivity contribution is 0.187. The van der Waals surface area contributed by atoms with Crippen molar-refractivity contribution in [1.29, 1.82) is 0 Å². The highest BCUT2D eigenvalue weighted by molar-refractivity contribution is 5.97. The number of hydrogen-bond acceptors (Lipinski definition) is 6. The lowest BCUT2D eigenvalue weighted by Crippen LogP contribution is -2.39. The molecule has 2 saturated heterocycles. The third kappa shape index (κ3) is 4.90. The van der Waals surface area contributed by atoms with Gasteiger partial charge in [0.2, 0.25) is 6.54 Å². The van der Waals surface area contributed by atoms with Crippen LogP contribution in [-0.4, -0.2) is 67.3 Å². The molecule has 6 rings (SSSR count). The summed E-state index contributed by atoms with van der Waals surface area (Å²) >= 11 is 0. The first-order chi connectivity index (χ1) is 18.6. The number of benzene rings is 2. The first kappa shape index (κ1) is 24.9. The van der Waals surface area contributed by atoms with Crippen LogP contribution in [0, 0.1) is 19.4 Å². The highest BCUT2D eigenvalue weighted by Gasteiger charge is 2.30. The van der Waals surface area contributed by atoms with E-state index in [9.17, 15) is 0 Å². The van der Waals surface area contributed by atoms with Crippen molar-refractivity contribution in [1.82, 2.24) is 14.9 Å². The largest absolute Gasteiger partial charge is 0.462 e. The van der Waals surface area contributed by atoms with Crippen LogP contribution in [0.1, 0.15) is 42.5 Å². The molecule has 0 aliphatic carbocycles. The number of aromatic nitrogens is 2. The molecule has 0 saturated carbocycles. The molecule has 1 aromatic heterocycles. The molecule has 2 aromatic carbocycles. The average Bonchev–Trinajstić information content (AvgIpc) is 3.35. The summed E-state index contributed by atoms with van der Waals surface area (Å²) in [5, 5.41) is 2.60. The van der Waals surface area contributed by atoms with Crippen molar-refractivity contribution < 1.29 is 4.74 Å². The Labute approximate surface area is 226 Å². The fourth-order valence-electron chi connectivity index (χ4n) is 6.59. The molecule has 4 heterocycles. The van der Waals surface area contributed by atoms with Crippen LogP contribution in [0.25, 0.3) is 15.6 Å². The highest BCUT2D eigenvalue weighted by atomic mass is 16.5. The van der Waals surface area contributed by atoms with E-state index in [0.29, 0.717) is 31.1 Å². The zero-order valence-corrected chi connectivity index (χ0v) is 22.7. The molecule has 7 heteroatoms. The van der Waals surface area contributed by atoms with Gasteiger partial charge in [-0.1, -0.05) is 30.3 Å². The van der Waals surface area contributed by atoms with Gasteiger partial charge in [0.1, 0.15) is 12.4 Å². The maximum absolute atomic E-state index is 7.38. The number of likely N-dealkylation sites (N-methyl/N-ethyl adjacent to an activating group) is 1. The van der Waals surface area contributed by atoms with Gasteiger partial charge in [-0.3, -0.25) is 0 Å². The van der Waals surface area contributed by atoms with Crippen molar-refractivity contribution >= 4 is 22.3 Å². The summed E-state index contributed by atoms with van der Waals surface area (Å²) in [6.45, 7) is 15.5. The lowest BCUT2D eigenvalue weighted by Gasteiger charge is -2.36. The van der Waals surface area contributed by atoms with Crippen molar-refractivity contribution in [2.24, 2.45) is 5.92 Å². The SMILES string of the molecule is [C-]#[N+]C[C@H]1CCCN(c2nc(OC[C@@H]3CCCN3C)nc3c2CCN(c2cccc4cccc(C)c24)C3)C1. The summed E-state index contributed by atoms with van der Waals surface area (Å²) in [7, 11) is 2.18. The Kier molecular flexibility index (Phi) is 7.08. The van der Waals surface area contributed by atoms with Crippen LogP contribution in [0.15, 0.2) is 36.4 Å². The second-order valence-electron chi connectivity index (χ2n) is 11.3. The number of fused-ring (bicyclic) bond motifs is 2. The Morgan fingerprint density at radius 3 is 2.68 bits per heavy atom. The van der Waals surface area contributed by atoms with E-state index >= 15 is 0 Å². The normalized spacial score (nSPS) is 21.9. The standard InChI is InChI=1S/C31H38N6O/c1-22-8-4-10-24-11-5-13-28(29(22)24)36-17-14-26-27(20-36)33-31(38-21-25-12-7-15-35(25)3)34-30(26)37-16-6-9-23(19-37)18-32-2/h4-5,8,10-11,13,23,25H,6-7,9,12,14-21H2,1,3H3/t23-,25+/m1/s1. The number of piperidine rings is 1.